The van der Waals surface area contributed by atoms with Crippen molar-refractivity contribution in [1.82, 2.24) is 0 Å². The Kier molecular flexibility index (Phi) is 3.06. The van der Waals surface area contributed by atoms with E-state index in [-0.39, 0.29) is 6.04 Å². The highest BCUT2D eigenvalue weighted by Gasteiger charge is 2.42. The lowest BCUT2D eigenvalue weighted by Gasteiger charge is -2.11. The van der Waals surface area contributed by atoms with Gasteiger partial charge in [0.1, 0.15) is 11.5 Å². The normalized spacial score (nSPS) is 25.0. The molecular formula is C13H19NO2. The van der Waals surface area contributed by atoms with E-state index in [4.69, 9.17) is 15.2 Å². The first-order valence-electron chi connectivity index (χ1n) is 5.65. The number of nitrogens with two attached hydrogens (primary N) is 1. The van der Waals surface area contributed by atoms with Gasteiger partial charge >= 0.3 is 0 Å². The highest BCUT2D eigenvalue weighted by molar-refractivity contribution is 5.45. The van der Waals surface area contributed by atoms with Crippen molar-refractivity contribution < 1.29 is 9.47 Å². The molecule has 0 amide bonds. The summed E-state index contributed by atoms with van der Waals surface area (Å²) in [5.41, 5.74) is 7.14. The van der Waals surface area contributed by atoms with Crippen LogP contribution in [-0.4, -0.2) is 20.3 Å². The Bertz CT molecular complexity index is 376. The average molecular weight is 221 g/mol. The zero-order valence-corrected chi connectivity index (χ0v) is 10.1. The molecule has 0 saturated heterocycles. The molecule has 1 aromatic carbocycles. The lowest BCUT2D eigenvalue weighted by atomic mass is 10.1. The second kappa shape index (κ2) is 4.34. The Morgan fingerprint density at radius 1 is 1.31 bits per heavy atom. The van der Waals surface area contributed by atoms with Crippen molar-refractivity contribution >= 4 is 0 Å². The third-order valence-corrected chi connectivity index (χ3v) is 3.35. The van der Waals surface area contributed by atoms with Crippen molar-refractivity contribution in [3.63, 3.8) is 0 Å². The van der Waals surface area contributed by atoms with Crippen LogP contribution in [0.1, 0.15) is 24.8 Å². The zero-order chi connectivity index (χ0) is 11.7. The van der Waals surface area contributed by atoms with Crippen LogP contribution in [-0.2, 0) is 0 Å². The third-order valence-electron chi connectivity index (χ3n) is 3.35. The largest absolute Gasteiger partial charge is 0.497 e. The van der Waals surface area contributed by atoms with Gasteiger partial charge in [-0.3, -0.25) is 0 Å². The Morgan fingerprint density at radius 3 is 2.56 bits per heavy atom. The monoisotopic (exact) mass is 221 g/mol. The minimum Gasteiger partial charge on any atom is -0.497 e. The van der Waals surface area contributed by atoms with Gasteiger partial charge in [-0.1, -0.05) is 0 Å². The topological polar surface area (TPSA) is 44.5 Å². The van der Waals surface area contributed by atoms with Crippen LogP contribution in [0, 0.1) is 5.92 Å². The summed E-state index contributed by atoms with van der Waals surface area (Å²) in [4.78, 5) is 0. The van der Waals surface area contributed by atoms with E-state index in [0.29, 0.717) is 11.8 Å². The summed E-state index contributed by atoms with van der Waals surface area (Å²) in [5.74, 6) is 2.94. The molecule has 1 fully saturated rings. The number of methoxy groups -OCH3 is 2. The molecule has 2 rings (SSSR count). The van der Waals surface area contributed by atoms with Crippen LogP contribution in [0.3, 0.4) is 0 Å². The predicted molar refractivity (Wildman–Crippen MR) is 64.0 cm³/mol. The first-order valence-corrected chi connectivity index (χ1v) is 5.65. The van der Waals surface area contributed by atoms with E-state index in [1.54, 1.807) is 14.2 Å². The molecule has 0 aromatic heterocycles. The molecular weight excluding hydrogens is 202 g/mol. The minimum absolute atomic E-state index is 0.251. The molecule has 3 heteroatoms. The van der Waals surface area contributed by atoms with E-state index in [1.165, 1.54) is 5.56 Å². The van der Waals surface area contributed by atoms with Gasteiger partial charge in [0.15, 0.2) is 0 Å². The maximum atomic E-state index is 5.92. The first-order chi connectivity index (χ1) is 7.67. The molecule has 2 N–H and O–H groups in total. The van der Waals surface area contributed by atoms with E-state index in [2.05, 4.69) is 13.0 Å². The van der Waals surface area contributed by atoms with E-state index in [9.17, 15) is 0 Å². The van der Waals surface area contributed by atoms with Crippen molar-refractivity contribution in [2.24, 2.45) is 11.7 Å². The lowest BCUT2D eigenvalue weighted by molar-refractivity contribution is 0.398. The van der Waals surface area contributed by atoms with Gasteiger partial charge in [-0.15, -0.1) is 0 Å². The SMILES string of the molecule is COc1ccc(OC)c([C@H]2C[C@H]2[C@@H](C)N)c1. The van der Waals surface area contributed by atoms with Gasteiger partial charge in [-0.2, -0.15) is 0 Å². The summed E-state index contributed by atoms with van der Waals surface area (Å²) >= 11 is 0. The highest BCUT2D eigenvalue weighted by atomic mass is 16.5. The van der Waals surface area contributed by atoms with Crippen LogP contribution in [0.25, 0.3) is 0 Å². The Hall–Kier alpha value is -1.22. The van der Waals surface area contributed by atoms with Gasteiger partial charge < -0.3 is 15.2 Å². The van der Waals surface area contributed by atoms with E-state index in [1.807, 2.05) is 12.1 Å². The number of hydrogen-bond acceptors (Lipinski definition) is 3. The van der Waals surface area contributed by atoms with Crippen molar-refractivity contribution in [3.8, 4) is 11.5 Å². The maximum absolute atomic E-state index is 5.92. The van der Waals surface area contributed by atoms with E-state index in [0.717, 1.165) is 17.9 Å². The molecule has 0 radical (unpaired) electrons. The molecule has 0 spiro atoms. The van der Waals surface area contributed by atoms with Crippen LogP contribution >= 0.6 is 0 Å². The molecule has 1 aliphatic rings. The fraction of sp³-hybridized carbons (Fsp3) is 0.538. The number of rotatable bonds is 4. The standard InChI is InChI=1S/C13H19NO2/c1-8(14)10-7-11(10)12-6-9(15-2)4-5-13(12)16-3/h4-6,8,10-11H,7,14H2,1-3H3/t8-,10+,11+/m1/s1. The molecule has 0 unspecified atom stereocenters. The quantitative estimate of drug-likeness (QED) is 0.847. The third kappa shape index (κ3) is 2.00. The van der Waals surface area contributed by atoms with Gasteiger partial charge in [-0.25, -0.2) is 0 Å². The second-order valence-corrected chi connectivity index (χ2v) is 4.47. The van der Waals surface area contributed by atoms with E-state index < -0.39 is 0 Å². The van der Waals surface area contributed by atoms with Gasteiger partial charge in [0.2, 0.25) is 0 Å². The summed E-state index contributed by atoms with van der Waals surface area (Å²) in [5, 5.41) is 0. The molecule has 3 nitrogen and oxygen atoms in total. The molecule has 16 heavy (non-hydrogen) atoms. The summed E-state index contributed by atoms with van der Waals surface area (Å²) in [7, 11) is 3.39. The lowest BCUT2D eigenvalue weighted by Crippen LogP contribution is -2.18. The van der Waals surface area contributed by atoms with Crippen molar-refractivity contribution in [2.45, 2.75) is 25.3 Å². The average Bonchev–Trinajstić information content (AvgIpc) is 3.08. The van der Waals surface area contributed by atoms with Gasteiger partial charge in [0, 0.05) is 11.6 Å². The number of hydrogen-bond donors (Lipinski definition) is 1. The van der Waals surface area contributed by atoms with Crippen LogP contribution < -0.4 is 15.2 Å². The summed E-state index contributed by atoms with van der Waals surface area (Å²) in [6.45, 7) is 2.07. The molecule has 88 valence electrons. The molecule has 0 aliphatic heterocycles. The zero-order valence-electron chi connectivity index (χ0n) is 10.1. The van der Waals surface area contributed by atoms with Gasteiger partial charge in [-0.05, 0) is 43.4 Å². The number of ether oxygens (including phenoxy) is 2. The van der Waals surface area contributed by atoms with Crippen LogP contribution in [0.2, 0.25) is 0 Å². The number of benzene rings is 1. The molecule has 0 heterocycles. The molecule has 1 saturated carbocycles. The van der Waals surface area contributed by atoms with Crippen molar-refractivity contribution in [2.75, 3.05) is 14.2 Å². The Labute approximate surface area is 96.5 Å². The minimum atomic E-state index is 0.251. The summed E-state index contributed by atoms with van der Waals surface area (Å²) in [6.07, 6.45) is 1.15. The summed E-state index contributed by atoms with van der Waals surface area (Å²) < 4.78 is 10.6. The van der Waals surface area contributed by atoms with Gasteiger partial charge in [0.25, 0.3) is 0 Å². The van der Waals surface area contributed by atoms with Crippen molar-refractivity contribution in [3.05, 3.63) is 23.8 Å². The van der Waals surface area contributed by atoms with E-state index >= 15 is 0 Å². The van der Waals surface area contributed by atoms with Crippen LogP contribution in [0.4, 0.5) is 0 Å². The Morgan fingerprint density at radius 2 is 2.06 bits per heavy atom. The van der Waals surface area contributed by atoms with Gasteiger partial charge in [0.05, 0.1) is 14.2 Å². The van der Waals surface area contributed by atoms with Crippen molar-refractivity contribution in [1.29, 1.82) is 0 Å². The van der Waals surface area contributed by atoms with Crippen LogP contribution in [0.5, 0.6) is 11.5 Å². The fourth-order valence-electron chi connectivity index (χ4n) is 2.28. The molecule has 1 aliphatic carbocycles. The first kappa shape index (κ1) is 11.3. The maximum Gasteiger partial charge on any atom is 0.122 e. The fourth-order valence-corrected chi connectivity index (χ4v) is 2.28. The smallest absolute Gasteiger partial charge is 0.122 e. The highest BCUT2D eigenvalue weighted by Crippen LogP contribution is 2.52. The summed E-state index contributed by atoms with van der Waals surface area (Å²) in [6, 6.07) is 6.20. The second-order valence-electron chi connectivity index (χ2n) is 4.47. The van der Waals surface area contributed by atoms with Crippen LogP contribution in [0.15, 0.2) is 18.2 Å². The molecule has 0 bridgehead atoms. The molecule has 3 atom stereocenters. The predicted octanol–water partition coefficient (Wildman–Crippen LogP) is 2.15. The molecule has 1 aromatic rings. The Balaban J connectivity index is 2.25.